The van der Waals surface area contributed by atoms with Gasteiger partial charge in [-0.3, -0.25) is 4.72 Å². The van der Waals surface area contributed by atoms with E-state index in [0.717, 1.165) is 0 Å². The molecule has 20 heavy (non-hydrogen) atoms. The highest BCUT2D eigenvalue weighted by atomic mass is 79.9. The van der Waals surface area contributed by atoms with Gasteiger partial charge in [0.15, 0.2) is 5.82 Å². The number of anilines is 2. The molecule has 0 saturated heterocycles. The highest BCUT2D eigenvalue weighted by Crippen LogP contribution is 2.24. The second-order valence-electron chi connectivity index (χ2n) is 3.84. The molecule has 0 atom stereocenters. The fourth-order valence-electron chi connectivity index (χ4n) is 1.42. The molecule has 2 rings (SSSR count). The van der Waals surface area contributed by atoms with Gasteiger partial charge < -0.3 is 5.73 Å². The van der Waals surface area contributed by atoms with Crippen molar-refractivity contribution in [3.8, 4) is 6.07 Å². The number of nitrogens with two attached hydrogens (primary N) is 1. The third kappa shape index (κ3) is 3.07. The third-order valence-corrected chi connectivity index (χ3v) is 4.35. The molecule has 0 aliphatic heterocycles. The predicted octanol–water partition coefficient (Wildman–Crippen LogP) is 2.10. The Bertz CT molecular complexity index is 782. The highest BCUT2D eigenvalue weighted by Gasteiger charge is 2.16. The van der Waals surface area contributed by atoms with E-state index in [2.05, 4.69) is 25.6 Å². The molecular weight excluding hydrogens is 344 g/mol. The van der Waals surface area contributed by atoms with Gasteiger partial charge in [0.05, 0.1) is 32.9 Å². The summed E-state index contributed by atoms with van der Waals surface area (Å²) >= 11 is 3.18. The summed E-state index contributed by atoms with van der Waals surface area (Å²) in [6.07, 6.45) is 1.35. The van der Waals surface area contributed by atoms with Crippen molar-refractivity contribution in [2.45, 2.75) is 4.90 Å². The summed E-state index contributed by atoms with van der Waals surface area (Å²) in [5.74, 6) is 0.142. The molecule has 0 spiro atoms. The number of hydrogen-bond acceptors (Lipinski definition) is 5. The molecule has 3 N–H and O–H groups in total. The number of aromatic nitrogens is 1. The molecule has 0 unspecified atom stereocenters. The van der Waals surface area contributed by atoms with Crippen LogP contribution in [-0.4, -0.2) is 13.4 Å². The van der Waals surface area contributed by atoms with Crippen LogP contribution < -0.4 is 10.5 Å². The second-order valence-corrected chi connectivity index (χ2v) is 6.38. The minimum Gasteiger partial charge on any atom is -0.397 e. The molecule has 0 fully saturated rings. The number of nitrogen functional groups attached to an aromatic ring is 1. The van der Waals surface area contributed by atoms with Crippen molar-refractivity contribution in [2.24, 2.45) is 0 Å². The van der Waals surface area contributed by atoms with E-state index in [4.69, 9.17) is 11.0 Å². The summed E-state index contributed by atoms with van der Waals surface area (Å²) in [4.78, 5) is 3.95. The molecule has 0 saturated carbocycles. The number of nitriles is 1. The predicted molar refractivity (Wildman–Crippen MR) is 78.3 cm³/mol. The van der Waals surface area contributed by atoms with Crippen molar-refractivity contribution in [1.29, 1.82) is 5.26 Å². The Morgan fingerprint density at radius 2 is 1.95 bits per heavy atom. The van der Waals surface area contributed by atoms with Gasteiger partial charge in [0, 0.05) is 0 Å². The zero-order valence-electron chi connectivity index (χ0n) is 10.0. The molecule has 1 aromatic heterocycles. The van der Waals surface area contributed by atoms with Gasteiger partial charge in [0.1, 0.15) is 0 Å². The fourth-order valence-corrected chi connectivity index (χ4v) is 3.05. The van der Waals surface area contributed by atoms with E-state index in [1.807, 2.05) is 6.07 Å². The molecule has 102 valence electrons. The largest absolute Gasteiger partial charge is 0.397 e. The molecule has 0 amide bonds. The lowest BCUT2D eigenvalue weighted by atomic mass is 10.2. The Kier molecular flexibility index (Phi) is 3.92. The van der Waals surface area contributed by atoms with Gasteiger partial charge in [-0.1, -0.05) is 0 Å². The lowest BCUT2D eigenvalue weighted by Gasteiger charge is -2.09. The number of halogens is 1. The standard InChI is InChI=1S/C12H9BrN4O2S/c13-11-5-9(15)7-16-12(11)17-20(18,19)10-3-1-8(6-14)2-4-10/h1-5,7H,15H2,(H,16,17). The molecule has 1 heterocycles. The Morgan fingerprint density at radius 3 is 2.50 bits per heavy atom. The topological polar surface area (TPSA) is 109 Å². The average molecular weight is 353 g/mol. The van der Waals surface area contributed by atoms with Crippen LogP contribution in [0.25, 0.3) is 0 Å². The number of benzene rings is 1. The molecule has 8 heteroatoms. The van der Waals surface area contributed by atoms with E-state index in [-0.39, 0.29) is 10.7 Å². The molecule has 2 aromatic rings. The molecule has 0 bridgehead atoms. The number of rotatable bonds is 3. The third-order valence-electron chi connectivity index (χ3n) is 2.39. The summed E-state index contributed by atoms with van der Waals surface area (Å²) in [6.45, 7) is 0. The van der Waals surface area contributed by atoms with Gasteiger partial charge in [-0.25, -0.2) is 13.4 Å². The summed E-state index contributed by atoms with van der Waals surface area (Å²) in [7, 11) is -3.77. The first-order valence-corrected chi connectivity index (χ1v) is 7.64. The Labute approximate surface area is 124 Å². The van der Waals surface area contributed by atoms with Gasteiger partial charge in [0.25, 0.3) is 10.0 Å². The number of pyridine rings is 1. The SMILES string of the molecule is N#Cc1ccc(S(=O)(=O)Nc2ncc(N)cc2Br)cc1. The van der Waals surface area contributed by atoms with Crippen molar-refractivity contribution in [3.63, 3.8) is 0 Å². The van der Waals surface area contributed by atoms with Gasteiger partial charge >= 0.3 is 0 Å². The van der Waals surface area contributed by atoms with Gasteiger partial charge in [-0.2, -0.15) is 5.26 Å². The second kappa shape index (κ2) is 5.48. The molecular formula is C12H9BrN4O2S. The minimum absolute atomic E-state index is 0.0435. The Morgan fingerprint density at radius 1 is 1.30 bits per heavy atom. The number of nitrogens with zero attached hydrogens (tertiary/aromatic N) is 2. The highest BCUT2D eigenvalue weighted by molar-refractivity contribution is 9.10. The van der Waals surface area contributed by atoms with Crippen molar-refractivity contribution < 1.29 is 8.42 Å². The molecule has 1 aromatic carbocycles. The van der Waals surface area contributed by atoms with Crippen LogP contribution in [0.1, 0.15) is 5.56 Å². The van der Waals surface area contributed by atoms with E-state index in [1.54, 1.807) is 6.07 Å². The summed E-state index contributed by atoms with van der Waals surface area (Å²) in [6, 6.07) is 9.03. The van der Waals surface area contributed by atoms with Crippen LogP contribution in [0, 0.1) is 11.3 Å². The average Bonchev–Trinajstić information content (AvgIpc) is 2.42. The van der Waals surface area contributed by atoms with E-state index in [9.17, 15) is 8.42 Å². The van der Waals surface area contributed by atoms with Crippen molar-refractivity contribution >= 4 is 37.5 Å². The lowest BCUT2D eigenvalue weighted by Crippen LogP contribution is -2.14. The van der Waals surface area contributed by atoms with Crippen molar-refractivity contribution in [2.75, 3.05) is 10.5 Å². The van der Waals surface area contributed by atoms with Crippen LogP contribution in [0.3, 0.4) is 0 Å². The normalized spacial score (nSPS) is 10.8. The van der Waals surface area contributed by atoms with Crippen molar-refractivity contribution in [3.05, 3.63) is 46.6 Å². The summed E-state index contributed by atoms with van der Waals surface area (Å²) in [5, 5.41) is 8.69. The minimum atomic E-state index is -3.77. The number of hydrogen-bond donors (Lipinski definition) is 2. The first-order chi connectivity index (χ1) is 9.42. The van der Waals surface area contributed by atoms with Crippen LogP contribution in [0.5, 0.6) is 0 Å². The zero-order chi connectivity index (χ0) is 14.8. The maximum absolute atomic E-state index is 12.2. The zero-order valence-corrected chi connectivity index (χ0v) is 12.4. The van der Waals surface area contributed by atoms with E-state index < -0.39 is 10.0 Å². The van der Waals surface area contributed by atoms with Crippen LogP contribution in [0.4, 0.5) is 11.5 Å². The fraction of sp³-hybridized carbons (Fsp3) is 0. The van der Waals surface area contributed by atoms with Crippen LogP contribution in [-0.2, 0) is 10.0 Å². The number of nitrogens with one attached hydrogen (secondary N) is 1. The van der Waals surface area contributed by atoms with E-state index in [0.29, 0.717) is 15.7 Å². The summed E-state index contributed by atoms with van der Waals surface area (Å²) in [5.41, 5.74) is 6.33. The maximum atomic E-state index is 12.2. The number of sulfonamides is 1. The van der Waals surface area contributed by atoms with Crippen LogP contribution in [0.15, 0.2) is 45.9 Å². The first kappa shape index (κ1) is 14.3. The van der Waals surface area contributed by atoms with Gasteiger partial charge in [-0.15, -0.1) is 0 Å². The molecule has 0 aliphatic carbocycles. The summed E-state index contributed by atoms with van der Waals surface area (Å²) < 4.78 is 27.1. The monoisotopic (exact) mass is 352 g/mol. The molecule has 0 aliphatic rings. The van der Waals surface area contributed by atoms with Gasteiger partial charge in [0.2, 0.25) is 0 Å². The Balaban J connectivity index is 2.33. The molecule has 6 nitrogen and oxygen atoms in total. The quantitative estimate of drug-likeness (QED) is 0.878. The Hall–Kier alpha value is -2.11. The van der Waals surface area contributed by atoms with Crippen LogP contribution in [0.2, 0.25) is 0 Å². The lowest BCUT2D eigenvalue weighted by molar-refractivity contribution is 0.601. The van der Waals surface area contributed by atoms with E-state index >= 15 is 0 Å². The van der Waals surface area contributed by atoms with Crippen LogP contribution >= 0.6 is 15.9 Å². The van der Waals surface area contributed by atoms with Gasteiger partial charge in [-0.05, 0) is 46.3 Å². The first-order valence-electron chi connectivity index (χ1n) is 5.36. The van der Waals surface area contributed by atoms with Crippen molar-refractivity contribution in [1.82, 2.24) is 4.98 Å². The molecule has 0 radical (unpaired) electrons. The maximum Gasteiger partial charge on any atom is 0.263 e. The van der Waals surface area contributed by atoms with E-state index in [1.165, 1.54) is 30.5 Å². The smallest absolute Gasteiger partial charge is 0.263 e.